The van der Waals surface area contributed by atoms with Gasteiger partial charge in [-0.05, 0) is 24.3 Å². The summed E-state index contributed by atoms with van der Waals surface area (Å²) in [5.41, 5.74) is 1.38. The number of aromatic nitrogens is 3. The van der Waals surface area contributed by atoms with Gasteiger partial charge in [-0.3, -0.25) is 10.1 Å². The zero-order valence-electron chi connectivity index (χ0n) is 14.4. The summed E-state index contributed by atoms with van der Waals surface area (Å²) in [4.78, 5) is 12.0. The van der Waals surface area contributed by atoms with E-state index < -0.39 is 0 Å². The molecule has 0 saturated carbocycles. The summed E-state index contributed by atoms with van der Waals surface area (Å²) in [5.74, 6) is 0.536. The van der Waals surface area contributed by atoms with Crippen LogP contribution in [0, 0.1) is 0 Å². The van der Waals surface area contributed by atoms with Gasteiger partial charge in [0, 0.05) is 22.1 Å². The van der Waals surface area contributed by atoms with Gasteiger partial charge in [-0.15, -0.1) is 10.2 Å². The van der Waals surface area contributed by atoms with E-state index in [1.165, 1.54) is 0 Å². The number of rotatable bonds is 5. The molecule has 0 aliphatic carbocycles. The third-order valence-electron chi connectivity index (χ3n) is 3.37. The molecule has 0 aliphatic rings. The smallest absolute Gasteiger partial charge is 0.277 e. The molecule has 0 saturated heterocycles. The zero-order chi connectivity index (χ0) is 18.7. The van der Waals surface area contributed by atoms with Gasteiger partial charge >= 0.3 is 0 Å². The molecule has 3 aromatic rings. The third kappa shape index (κ3) is 4.64. The number of nitrogens with one attached hydrogen (secondary N) is 1. The van der Waals surface area contributed by atoms with Crippen LogP contribution in [0.15, 0.2) is 44.5 Å². The molecule has 1 amide bonds. The van der Waals surface area contributed by atoms with Crippen LogP contribution >= 0.6 is 23.4 Å². The normalized spacial score (nSPS) is 11.5. The Balaban J connectivity index is 1.55. The van der Waals surface area contributed by atoms with E-state index in [0.717, 1.165) is 23.0 Å². The highest BCUT2D eigenvalue weighted by molar-refractivity contribution is 7.99. The highest BCUT2D eigenvalue weighted by Crippen LogP contribution is 2.25. The Labute approximate surface area is 159 Å². The van der Waals surface area contributed by atoms with E-state index in [1.807, 2.05) is 20.8 Å². The predicted octanol–water partition coefficient (Wildman–Crippen LogP) is 4.41. The van der Waals surface area contributed by atoms with E-state index in [1.54, 1.807) is 30.3 Å². The first kappa shape index (κ1) is 18.5. The number of halogens is 1. The quantitative estimate of drug-likeness (QED) is 0.642. The fourth-order valence-electron chi connectivity index (χ4n) is 1.97. The summed E-state index contributed by atoms with van der Waals surface area (Å²) in [6, 6.07) is 8.77. The van der Waals surface area contributed by atoms with Crippen LogP contribution in [-0.2, 0) is 10.2 Å². The minimum Gasteiger partial charge on any atom is -0.411 e. The van der Waals surface area contributed by atoms with Gasteiger partial charge in [0.05, 0.1) is 11.4 Å². The minimum absolute atomic E-state index is 0.105. The Bertz CT molecular complexity index is 899. The molecule has 0 spiro atoms. The number of hydrogen-bond acceptors (Lipinski definition) is 7. The number of amides is 1. The molecular weight excluding hydrogens is 376 g/mol. The lowest BCUT2D eigenvalue weighted by Gasteiger charge is -2.12. The molecule has 7 nitrogen and oxygen atoms in total. The van der Waals surface area contributed by atoms with Crippen molar-refractivity contribution in [2.75, 3.05) is 11.1 Å². The average Bonchev–Trinajstić information content (AvgIpc) is 3.22. The summed E-state index contributed by atoms with van der Waals surface area (Å²) < 4.78 is 10.7. The van der Waals surface area contributed by atoms with Gasteiger partial charge in [0.1, 0.15) is 0 Å². The molecule has 0 aliphatic heterocycles. The standard InChI is InChI=1S/C17H17ClN4O3S/c1-17(2,3)12-8-14(25-22-12)19-13(23)9-26-16-21-20-15(24-16)10-4-6-11(18)7-5-10/h4-8H,9H2,1-3H3,(H,19,23). The molecule has 9 heteroatoms. The summed E-state index contributed by atoms with van der Waals surface area (Å²) >= 11 is 6.99. The molecule has 0 fully saturated rings. The van der Waals surface area contributed by atoms with Crippen LogP contribution in [-0.4, -0.2) is 27.0 Å². The predicted molar refractivity (Wildman–Crippen MR) is 99.3 cm³/mol. The molecule has 136 valence electrons. The maximum atomic E-state index is 12.0. The van der Waals surface area contributed by atoms with Crippen LogP contribution in [0.5, 0.6) is 0 Å². The van der Waals surface area contributed by atoms with Crippen LogP contribution < -0.4 is 5.32 Å². The van der Waals surface area contributed by atoms with Crippen LogP contribution in [0.3, 0.4) is 0 Å². The molecule has 1 aromatic carbocycles. The topological polar surface area (TPSA) is 94.1 Å². The number of anilines is 1. The monoisotopic (exact) mass is 392 g/mol. The molecule has 26 heavy (non-hydrogen) atoms. The first-order valence-corrected chi connectivity index (χ1v) is 9.17. The fraction of sp³-hybridized carbons (Fsp3) is 0.294. The number of carbonyl (C=O) groups is 1. The second kappa shape index (κ2) is 7.51. The molecule has 2 aromatic heterocycles. The van der Waals surface area contributed by atoms with Gasteiger partial charge < -0.3 is 8.94 Å². The van der Waals surface area contributed by atoms with Gasteiger partial charge in [-0.25, -0.2) is 0 Å². The molecular formula is C17H17ClN4O3S. The zero-order valence-corrected chi connectivity index (χ0v) is 16.0. The van der Waals surface area contributed by atoms with Gasteiger partial charge in [0.15, 0.2) is 0 Å². The summed E-state index contributed by atoms with van der Waals surface area (Å²) in [5, 5.41) is 15.4. The highest BCUT2D eigenvalue weighted by atomic mass is 35.5. The van der Waals surface area contributed by atoms with E-state index >= 15 is 0 Å². The van der Waals surface area contributed by atoms with Crippen molar-refractivity contribution < 1.29 is 13.7 Å². The Hall–Kier alpha value is -2.32. The lowest BCUT2D eigenvalue weighted by molar-refractivity contribution is -0.113. The van der Waals surface area contributed by atoms with Crippen molar-refractivity contribution in [3.05, 3.63) is 41.0 Å². The average molecular weight is 393 g/mol. The van der Waals surface area contributed by atoms with Crippen LogP contribution in [0.4, 0.5) is 5.88 Å². The van der Waals surface area contributed by atoms with Gasteiger partial charge in [-0.1, -0.05) is 49.3 Å². The molecule has 2 heterocycles. The van der Waals surface area contributed by atoms with Crippen molar-refractivity contribution in [1.29, 1.82) is 0 Å². The maximum absolute atomic E-state index is 12.0. The maximum Gasteiger partial charge on any atom is 0.277 e. The number of carbonyl (C=O) groups excluding carboxylic acids is 1. The van der Waals surface area contributed by atoms with Crippen molar-refractivity contribution in [1.82, 2.24) is 15.4 Å². The van der Waals surface area contributed by atoms with Crippen molar-refractivity contribution in [3.8, 4) is 11.5 Å². The highest BCUT2D eigenvalue weighted by Gasteiger charge is 2.20. The van der Waals surface area contributed by atoms with Gasteiger partial charge in [0.25, 0.3) is 5.22 Å². The van der Waals surface area contributed by atoms with Crippen molar-refractivity contribution >= 4 is 35.2 Å². The Morgan fingerprint density at radius 3 is 2.62 bits per heavy atom. The van der Waals surface area contributed by atoms with Gasteiger partial charge in [-0.2, -0.15) is 0 Å². The largest absolute Gasteiger partial charge is 0.411 e. The number of thioether (sulfide) groups is 1. The third-order valence-corrected chi connectivity index (χ3v) is 4.44. The lowest BCUT2D eigenvalue weighted by atomic mass is 9.92. The lowest BCUT2D eigenvalue weighted by Crippen LogP contribution is -2.14. The van der Waals surface area contributed by atoms with E-state index in [0.29, 0.717) is 22.0 Å². The van der Waals surface area contributed by atoms with Crippen molar-refractivity contribution in [2.45, 2.75) is 31.4 Å². The molecule has 1 N–H and O–H groups in total. The number of hydrogen-bond donors (Lipinski definition) is 1. The first-order chi connectivity index (χ1) is 12.3. The number of nitrogens with zero attached hydrogens (tertiary/aromatic N) is 3. The van der Waals surface area contributed by atoms with Crippen LogP contribution in [0.2, 0.25) is 5.02 Å². The first-order valence-electron chi connectivity index (χ1n) is 7.80. The Kier molecular flexibility index (Phi) is 5.33. The van der Waals surface area contributed by atoms with Crippen molar-refractivity contribution in [3.63, 3.8) is 0 Å². The second-order valence-corrected chi connectivity index (χ2v) is 7.91. The Morgan fingerprint density at radius 2 is 1.96 bits per heavy atom. The number of benzene rings is 1. The van der Waals surface area contributed by atoms with E-state index in [-0.39, 0.29) is 17.1 Å². The summed E-state index contributed by atoms with van der Waals surface area (Å²) in [7, 11) is 0. The van der Waals surface area contributed by atoms with Gasteiger partial charge in [0.2, 0.25) is 17.7 Å². The Morgan fingerprint density at radius 1 is 1.23 bits per heavy atom. The molecule has 0 atom stereocenters. The second-order valence-electron chi connectivity index (χ2n) is 6.54. The molecule has 3 rings (SSSR count). The minimum atomic E-state index is -0.252. The molecule has 0 radical (unpaired) electrons. The summed E-state index contributed by atoms with van der Waals surface area (Å²) in [6.07, 6.45) is 0. The van der Waals surface area contributed by atoms with Crippen LogP contribution in [0.25, 0.3) is 11.5 Å². The fourth-order valence-corrected chi connectivity index (χ4v) is 2.65. The van der Waals surface area contributed by atoms with Crippen molar-refractivity contribution in [2.24, 2.45) is 0 Å². The molecule has 0 bridgehead atoms. The molecule has 0 unspecified atom stereocenters. The van der Waals surface area contributed by atoms with E-state index in [4.69, 9.17) is 20.5 Å². The van der Waals surface area contributed by atoms with Crippen LogP contribution in [0.1, 0.15) is 26.5 Å². The summed E-state index contributed by atoms with van der Waals surface area (Å²) in [6.45, 7) is 6.04. The van der Waals surface area contributed by atoms with E-state index in [9.17, 15) is 4.79 Å². The SMILES string of the molecule is CC(C)(C)c1cc(NC(=O)CSc2nnc(-c3ccc(Cl)cc3)o2)on1. The van der Waals surface area contributed by atoms with E-state index in [2.05, 4.69) is 20.7 Å².